The minimum absolute atomic E-state index is 0.00722. The van der Waals surface area contributed by atoms with E-state index in [1.807, 2.05) is 13.8 Å². The summed E-state index contributed by atoms with van der Waals surface area (Å²) in [7, 11) is 0. The monoisotopic (exact) mass is 201 g/mol. The average molecular weight is 201 g/mol. The first-order chi connectivity index (χ1) is 6.54. The molecule has 0 fully saturated rings. The van der Waals surface area contributed by atoms with Crippen LogP contribution in [-0.2, 0) is 6.42 Å². The number of rotatable bonds is 3. The van der Waals surface area contributed by atoms with E-state index in [0.717, 1.165) is 23.2 Å². The standard InChI is InChI=1S/C10H13F2NO/c1-4-8-6(2)5-9(13-7(8)3)14-10(11)12/h5,10H,4H2,1-3H3. The van der Waals surface area contributed by atoms with Crippen LogP contribution in [-0.4, -0.2) is 11.6 Å². The Hall–Kier alpha value is -1.19. The summed E-state index contributed by atoms with van der Waals surface area (Å²) in [6, 6.07) is 1.54. The first kappa shape index (κ1) is 10.9. The molecule has 0 aliphatic carbocycles. The van der Waals surface area contributed by atoms with E-state index in [9.17, 15) is 8.78 Å². The molecule has 0 aliphatic heterocycles. The third-order valence-corrected chi connectivity index (χ3v) is 2.09. The number of ether oxygens (including phenoxy) is 1. The van der Waals surface area contributed by atoms with Crippen LogP contribution in [0.15, 0.2) is 6.07 Å². The lowest BCUT2D eigenvalue weighted by Crippen LogP contribution is -2.06. The van der Waals surface area contributed by atoms with Gasteiger partial charge in [-0.1, -0.05) is 6.92 Å². The molecule has 2 nitrogen and oxygen atoms in total. The molecule has 1 aromatic heterocycles. The Morgan fingerprint density at radius 1 is 1.43 bits per heavy atom. The number of halogens is 2. The van der Waals surface area contributed by atoms with E-state index >= 15 is 0 Å². The molecule has 0 N–H and O–H groups in total. The molecular formula is C10H13F2NO. The number of nitrogens with zero attached hydrogens (tertiary/aromatic N) is 1. The molecule has 0 saturated carbocycles. The van der Waals surface area contributed by atoms with Gasteiger partial charge in [-0.2, -0.15) is 8.78 Å². The van der Waals surface area contributed by atoms with E-state index in [1.54, 1.807) is 6.92 Å². The zero-order valence-corrected chi connectivity index (χ0v) is 8.47. The van der Waals surface area contributed by atoms with Crippen molar-refractivity contribution in [3.8, 4) is 5.88 Å². The van der Waals surface area contributed by atoms with Crippen molar-refractivity contribution in [2.24, 2.45) is 0 Å². The minimum atomic E-state index is -2.81. The molecule has 1 rings (SSSR count). The second kappa shape index (κ2) is 4.35. The Balaban J connectivity index is 3.01. The molecule has 1 aromatic rings. The molecule has 0 radical (unpaired) electrons. The van der Waals surface area contributed by atoms with Gasteiger partial charge in [-0.05, 0) is 31.4 Å². The van der Waals surface area contributed by atoms with Crippen molar-refractivity contribution < 1.29 is 13.5 Å². The highest BCUT2D eigenvalue weighted by Crippen LogP contribution is 2.19. The molecule has 0 aliphatic rings. The number of aryl methyl sites for hydroxylation is 2. The number of alkyl halides is 2. The SMILES string of the molecule is CCc1c(C)cc(OC(F)F)nc1C. The van der Waals surface area contributed by atoms with Crippen molar-refractivity contribution >= 4 is 0 Å². The van der Waals surface area contributed by atoms with Crippen LogP contribution >= 0.6 is 0 Å². The topological polar surface area (TPSA) is 22.1 Å². The Bertz CT molecular complexity index is 303. The molecule has 0 bridgehead atoms. The smallest absolute Gasteiger partial charge is 0.388 e. The summed E-state index contributed by atoms with van der Waals surface area (Å²) >= 11 is 0. The van der Waals surface area contributed by atoms with Gasteiger partial charge in [-0.3, -0.25) is 0 Å². The summed E-state index contributed by atoms with van der Waals surface area (Å²) < 4.78 is 28.0. The highest BCUT2D eigenvalue weighted by Gasteiger charge is 2.09. The van der Waals surface area contributed by atoms with Crippen molar-refractivity contribution in [1.82, 2.24) is 4.98 Å². The summed E-state index contributed by atoms with van der Waals surface area (Å²) in [5, 5.41) is 0. The summed E-state index contributed by atoms with van der Waals surface area (Å²) in [6.45, 7) is 2.86. The van der Waals surface area contributed by atoms with Crippen molar-refractivity contribution in [1.29, 1.82) is 0 Å². The van der Waals surface area contributed by atoms with Crippen molar-refractivity contribution in [2.75, 3.05) is 0 Å². The average Bonchev–Trinajstić information content (AvgIpc) is 2.01. The van der Waals surface area contributed by atoms with Crippen molar-refractivity contribution in [3.05, 3.63) is 22.9 Å². The lowest BCUT2D eigenvalue weighted by atomic mass is 10.1. The predicted octanol–water partition coefficient (Wildman–Crippen LogP) is 2.86. The Morgan fingerprint density at radius 2 is 2.07 bits per heavy atom. The van der Waals surface area contributed by atoms with E-state index in [-0.39, 0.29) is 5.88 Å². The predicted molar refractivity (Wildman–Crippen MR) is 49.7 cm³/mol. The van der Waals surface area contributed by atoms with Crippen LogP contribution in [0.2, 0.25) is 0 Å². The quantitative estimate of drug-likeness (QED) is 0.750. The van der Waals surface area contributed by atoms with Crippen LogP contribution in [0.3, 0.4) is 0 Å². The highest BCUT2D eigenvalue weighted by atomic mass is 19.3. The summed E-state index contributed by atoms with van der Waals surface area (Å²) in [5.41, 5.74) is 2.78. The van der Waals surface area contributed by atoms with Crippen LogP contribution in [0.25, 0.3) is 0 Å². The van der Waals surface area contributed by atoms with Gasteiger partial charge in [-0.25, -0.2) is 4.98 Å². The van der Waals surface area contributed by atoms with Crippen LogP contribution in [0, 0.1) is 13.8 Å². The van der Waals surface area contributed by atoms with Crippen LogP contribution in [0.5, 0.6) is 5.88 Å². The summed E-state index contributed by atoms with van der Waals surface area (Å²) in [6.07, 6.45) is 0.847. The molecule has 0 spiro atoms. The molecule has 4 heteroatoms. The van der Waals surface area contributed by atoms with E-state index in [4.69, 9.17) is 0 Å². The fourth-order valence-electron chi connectivity index (χ4n) is 1.51. The first-order valence-electron chi connectivity index (χ1n) is 4.46. The Kier molecular flexibility index (Phi) is 3.38. The molecule has 0 amide bonds. The highest BCUT2D eigenvalue weighted by molar-refractivity contribution is 5.33. The van der Waals surface area contributed by atoms with Gasteiger partial charge in [0.15, 0.2) is 0 Å². The molecule has 0 atom stereocenters. The summed E-state index contributed by atoms with van der Waals surface area (Å²) in [5.74, 6) is -0.00722. The maximum Gasteiger partial charge on any atom is 0.388 e. The molecule has 0 saturated heterocycles. The van der Waals surface area contributed by atoms with Crippen LogP contribution < -0.4 is 4.74 Å². The largest absolute Gasteiger partial charge is 0.417 e. The molecule has 0 unspecified atom stereocenters. The van der Waals surface area contributed by atoms with Crippen LogP contribution in [0.1, 0.15) is 23.7 Å². The molecule has 0 aromatic carbocycles. The zero-order valence-electron chi connectivity index (χ0n) is 8.47. The van der Waals surface area contributed by atoms with Gasteiger partial charge >= 0.3 is 6.61 Å². The van der Waals surface area contributed by atoms with Gasteiger partial charge in [0, 0.05) is 11.8 Å². The lowest BCUT2D eigenvalue weighted by Gasteiger charge is -2.10. The van der Waals surface area contributed by atoms with E-state index in [1.165, 1.54) is 6.07 Å². The molecule has 1 heterocycles. The van der Waals surface area contributed by atoms with E-state index < -0.39 is 6.61 Å². The van der Waals surface area contributed by atoms with Crippen molar-refractivity contribution in [3.63, 3.8) is 0 Å². The fraction of sp³-hybridized carbons (Fsp3) is 0.500. The van der Waals surface area contributed by atoms with Crippen molar-refractivity contribution in [2.45, 2.75) is 33.8 Å². The molecule has 78 valence electrons. The fourth-order valence-corrected chi connectivity index (χ4v) is 1.51. The molecule has 14 heavy (non-hydrogen) atoms. The van der Waals surface area contributed by atoms with Gasteiger partial charge in [0.25, 0.3) is 0 Å². The first-order valence-corrected chi connectivity index (χ1v) is 4.46. The second-order valence-corrected chi connectivity index (χ2v) is 3.07. The number of hydrogen-bond donors (Lipinski definition) is 0. The van der Waals surface area contributed by atoms with Gasteiger partial charge in [-0.15, -0.1) is 0 Å². The second-order valence-electron chi connectivity index (χ2n) is 3.07. The zero-order chi connectivity index (χ0) is 10.7. The third kappa shape index (κ3) is 2.40. The maximum absolute atomic E-state index is 11.9. The Labute approximate surface area is 81.9 Å². The number of aromatic nitrogens is 1. The van der Waals surface area contributed by atoms with E-state index in [0.29, 0.717) is 0 Å². The Morgan fingerprint density at radius 3 is 2.50 bits per heavy atom. The van der Waals surface area contributed by atoms with Crippen LogP contribution in [0.4, 0.5) is 8.78 Å². The lowest BCUT2D eigenvalue weighted by molar-refractivity contribution is -0.0529. The van der Waals surface area contributed by atoms with Gasteiger partial charge in [0.2, 0.25) is 5.88 Å². The number of pyridine rings is 1. The van der Waals surface area contributed by atoms with Gasteiger partial charge in [0.05, 0.1) is 0 Å². The van der Waals surface area contributed by atoms with E-state index in [2.05, 4.69) is 9.72 Å². The maximum atomic E-state index is 11.9. The summed E-state index contributed by atoms with van der Waals surface area (Å²) in [4.78, 5) is 3.94. The minimum Gasteiger partial charge on any atom is -0.417 e. The van der Waals surface area contributed by atoms with Gasteiger partial charge in [0.1, 0.15) is 0 Å². The normalized spacial score (nSPS) is 10.7. The number of hydrogen-bond acceptors (Lipinski definition) is 2. The third-order valence-electron chi connectivity index (χ3n) is 2.09. The van der Waals surface area contributed by atoms with Gasteiger partial charge < -0.3 is 4.74 Å². The molecular weight excluding hydrogens is 188 g/mol.